The van der Waals surface area contributed by atoms with Gasteiger partial charge in [0.05, 0.1) is 0 Å². The molecule has 0 bridgehead atoms. The van der Waals surface area contributed by atoms with Crippen molar-refractivity contribution in [3.8, 4) is 0 Å². The highest BCUT2D eigenvalue weighted by Crippen LogP contribution is 2.11. The molecular weight excluding hydrogens is 222 g/mol. The summed E-state index contributed by atoms with van der Waals surface area (Å²) in [6, 6.07) is 18.7. The first-order valence-electron chi connectivity index (χ1n) is 6.36. The molecule has 18 heavy (non-hydrogen) atoms. The van der Waals surface area contributed by atoms with Gasteiger partial charge in [0.15, 0.2) is 0 Å². The number of benzene rings is 2. The van der Waals surface area contributed by atoms with Gasteiger partial charge in [0, 0.05) is 18.8 Å². The monoisotopic (exact) mass is 241 g/mol. The van der Waals surface area contributed by atoms with Gasteiger partial charge in [-0.2, -0.15) is 0 Å². The Hall–Kier alpha value is -1.80. The molecule has 0 fully saturated rings. The first-order chi connectivity index (χ1) is 8.88. The van der Waals surface area contributed by atoms with Crippen LogP contribution in [-0.2, 0) is 12.8 Å². The fraction of sp³-hybridized carbons (Fsp3) is 0.250. The van der Waals surface area contributed by atoms with E-state index < -0.39 is 0 Å². The Morgan fingerprint density at radius 1 is 0.833 bits per heavy atom. The van der Waals surface area contributed by atoms with E-state index in [0.29, 0.717) is 6.42 Å². The van der Waals surface area contributed by atoms with Crippen molar-refractivity contribution in [2.24, 2.45) is 0 Å². The zero-order chi connectivity index (χ0) is 12.6. The van der Waals surface area contributed by atoms with Crippen LogP contribution < -0.4 is 5.32 Å². The molecule has 0 aliphatic heterocycles. The molecule has 0 unspecified atom stereocenters. The summed E-state index contributed by atoms with van der Waals surface area (Å²) in [5, 5.41) is 12.3. The van der Waals surface area contributed by atoms with Crippen LogP contribution >= 0.6 is 0 Å². The topological polar surface area (TPSA) is 32.3 Å². The Morgan fingerprint density at radius 3 is 2.39 bits per heavy atom. The van der Waals surface area contributed by atoms with E-state index in [4.69, 9.17) is 5.11 Å². The Kier molecular flexibility index (Phi) is 4.79. The van der Waals surface area contributed by atoms with Gasteiger partial charge in [-0.25, -0.2) is 0 Å². The average Bonchev–Trinajstić information content (AvgIpc) is 2.41. The summed E-state index contributed by atoms with van der Waals surface area (Å²) in [4.78, 5) is 0. The van der Waals surface area contributed by atoms with Gasteiger partial charge in [-0.1, -0.05) is 42.5 Å². The zero-order valence-electron chi connectivity index (χ0n) is 10.5. The zero-order valence-corrected chi connectivity index (χ0v) is 10.5. The van der Waals surface area contributed by atoms with Gasteiger partial charge in [-0.05, 0) is 36.1 Å². The van der Waals surface area contributed by atoms with Crippen LogP contribution in [0.15, 0.2) is 54.6 Å². The molecule has 2 N–H and O–H groups in total. The first kappa shape index (κ1) is 12.7. The normalized spacial score (nSPS) is 10.3. The molecule has 0 amide bonds. The number of aliphatic hydroxyl groups is 1. The number of hydrogen-bond donors (Lipinski definition) is 2. The van der Waals surface area contributed by atoms with Gasteiger partial charge < -0.3 is 10.4 Å². The van der Waals surface area contributed by atoms with E-state index in [0.717, 1.165) is 18.7 Å². The van der Waals surface area contributed by atoms with E-state index in [1.54, 1.807) is 0 Å². The lowest BCUT2D eigenvalue weighted by molar-refractivity contribution is 0.299. The van der Waals surface area contributed by atoms with E-state index in [1.807, 2.05) is 18.2 Å². The SMILES string of the molecule is OCCc1cccc(NCCc2ccccc2)c1. The van der Waals surface area contributed by atoms with E-state index in [9.17, 15) is 0 Å². The van der Waals surface area contributed by atoms with Crippen LogP contribution in [0, 0.1) is 0 Å². The highest BCUT2D eigenvalue weighted by molar-refractivity contribution is 5.45. The highest BCUT2D eigenvalue weighted by Gasteiger charge is 1.96. The minimum atomic E-state index is 0.202. The fourth-order valence-corrected chi connectivity index (χ4v) is 1.96. The molecule has 0 radical (unpaired) electrons. The molecule has 0 heterocycles. The number of aliphatic hydroxyl groups excluding tert-OH is 1. The van der Waals surface area contributed by atoms with Crippen LogP contribution in [0.1, 0.15) is 11.1 Å². The van der Waals surface area contributed by atoms with Crippen LogP contribution in [-0.4, -0.2) is 18.3 Å². The van der Waals surface area contributed by atoms with E-state index in [2.05, 4.69) is 41.7 Å². The summed E-state index contributed by atoms with van der Waals surface area (Å²) >= 11 is 0. The first-order valence-corrected chi connectivity index (χ1v) is 6.36. The summed E-state index contributed by atoms with van der Waals surface area (Å²) in [5.74, 6) is 0. The molecule has 0 saturated heterocycles. The number of hydrogen-bond acceptors (Lipinski definition) is 2. The van der Waals surface area contributed by atoms with Gasteiger partial charge in [0.25, 0.3) is 0 Å². The van der Waals surface area contributed by atoms with Gasteiger partial charge >= 0.3 is 0 Å². The molecule has 2 heteroatoms. The van der Waals surface area contributed by atoms with Crippen molar-refractivity contribution in [1.82, 2.24) is 0 Å². The summed E-state index contributed by atoms with van der Waals surface area (Å²) in [7, 11) is 0. The average molecular weight is 241 g/mol. The smallest absolute Gasteiger partial charge is 0.0471 e. The fourth-order valence-electron chi connectivity index (χ4n) is 1.96. The van der Waals surface area contributed by atoms with Crippen LogP contribution in [0.5, 0.6) is 0 Å². The van der Waals surface area contributed by atoms with Crippen molar-refractivity contribution in [3.05, 3.63) is 65.7 Å². The van der Waals surface area contributed by atoms with Crippen LogP contribution in [0.2, 0.25) is 0 Å². The molecule has 2 nitrogen and oxygen atoms in total. The van der Waals surface area contributed by atoms with E-state index >= 15 is 0 Å². The predicted octanol–water partition coefficient (Wildman–Crippen LogP) is 2.88. The van der Waals surface area contributed by atoms with Gasteiger partial charge in [-0.15, -0.1) is 0 Å². The van der Waals surface area contributed by atoms with Crippen molar-refractivity contribution in [2.45, 2.75) is 12.8 Å². The maximum absolute atomic E-state index is 8.91. The van der Waals surface area contributed by atoms with Crippen LogP contribution in [0.3, 0.4) is 0 Å². The lowest BCUT2D eigenvalue weighted by atomic mass is 10.1. The third kappa shape index (κ3) is 3.90. The Bertz CT molecular complexity index is 468. The molecular formula is C16H19NO. The predicted molar refractivity (Wildman–Crippen MR) is 75.9 cm³/mol. The van der Waals surface area contributed by atoms with E-state index in [-0.39, 0.29) is 6.61 Å². The number of nitrogens with one attached hydrogen (secondary N) is 1. The Morgan fingerprint density at radius 2 is 1.61 bits per heavy atom. The molecule has 2 aromatic rings. The van der Waals surface area contributed by atoms with Crippen LogP contribution in [0.4, 0.5) is 5.69 Å². The molecule has 2 aromatic carbocycles. The molecule has 0 aliphatic rings. The quantitative estimate of drug-likeness (QED) is 0.815. The molecule has 0 saturated carbocycles. The minimum absolute atomic E-state index is 0.202. The van der Waals surface area contributed by atoms with Crippen molar-refractivity contribution >= 4 is 5.69 Å². The highest BCUT2D eigenvalue weighted by atomic mass is 16.2. The molecule has 0 atom stereocenters. The lowest BCUT2D eigenvalue weighted by Gasteiger charge is -2.08. The number of rotatable bonds is 6. The van der Waals surface area contributed by atoms with Crippen molar-refractivity contribution < 1.29 is 5.11 Å². The molecule has 2 rings (SSSR count). The van der Waals surface area contributed by atoms with Gasteiger partial charge in [0.2, 0.25) is 0 Å². The maximum Gasteiger partial charge on any atom is 0.0471 e. The second kappa shape index (κ2) is 6.82. The Balaban J connectivity index is 1.84. The van der Waals surface area contributed by atoms with Gasteiger partial charge in [0.1, 0.15) is 0 Å². The number of anilines is 1. The molecule has 0 aromatic heterocycles. The van der Waals surface area contributed by atoms with Gasteiger partial charge in [-0.3, -0.25) is 0 Å². The van der Waals surface area contributed by atoms with Crippen molar-refractivity contribution in [1.29, 1.82) is 0 Å². The largest absolute Gasteiger partial charge is 0.396 e. The maximum atomic E-state index is 8.91. The van der Waals surface area contributed by atoms with Crippen molar-refractivity contribution in [3.63, 3.8) is 0 Å². The third-order valence-electron chi connectivity index (χ3n) is 2.91. The van der Waals surface area contributed by atoms with Crippen molar-refractivity contribution in [2.75, 3.05) is 18.5 Å². The second-order valence-corrected chi connectivity index (χ2v) is 4.34. The molecule has 94 valence electrons. The summed E-state index contributed by atoms with van der Waals surface area (Å²) < 4.78 is 0. The third-order valence-corrected chi connectivity index (χ3v) is 2.91. The van der Waals surface area contributed by atoms with E-state index in [1.165, 1.54) is 11.1 Å². The minimum Gasteiger partial charge on any atom is -0.396 e. The standard InChI is InChI=1S/C16H19NO/c18-12-10-15-7-4-8-16(13-15)17-11-9-14-5-2-1-3-6-14/h1-8,13,17-18H,9-12H2. The second-order valence-electron chi connectivity index (χ2n) is 4.34. The molecule has 0 spiro atoms. The Labute approximate surface area is 108 Å². The summed E-state index contributed by atoms with van der Waals surface area (Å²) in [5.41, 5.74) is 3.63. The van der Waals surface area contributed by atoms with Crippen LogP contribution in [0.25, 0.3) is 0 Å². The molecule has 0 aliphatic carbocycles. The lowest BCUT2D eigenvalue weighted by Crippen LogP contribution is -2.05. The summed E-state index contributed by atoms with van der Waals surface area (Å²) in [6.07, 6.45) is 1.74. The summed E-state index contributed by atoms with van der Waals surface area (Å²) in [6.45, 7) is 1.13.